The molecular weight excluding hydrogens is 189 g/mol. The summed E-state index contributed by atoms with van der Waals surface area (Å²) in [4.78, 5) is 3.57. The van der Waals surface area contributed by atoms with Crippen molar-refractivity contribution in [2.45, 2.75) is 51.9 Å². The molecule has 0 aliphatic rings. The van der Waals surface area contributed by atoms with E-state index in [9.17, 15) is 4.39 Å². The highest BCUT2D eigenvalue weighted by atomic mass is 19.1. The topological polar surface area (TPSA) is 12.9 Å². The number of halogens is 1. The van der Waals surface area contributed by atoms with Crippen molar-refractivity contribution in [1.29, 1.82) is 0 Å². The van der Waals surface area contributed by atoms with E-state index in [2.05, 4.69) is 18.8 Å². The van der Waals surface area contributed by atoms with Gasteiger partial charge in [-0.05, 0) is 30.0 Å². The quantitative estimate of drug-likeness (QED) is 0.503. The Balaban J connectivity index is 2.36. The fourth-order valence-corrected chi connectivity index (χ4v) is 1.77. The summed E-state index contributed by atoms with van der Waals surface area (Å²) in [5.41, 5.74) is 1.07. The van der Waals surface area contributed by atoms with E-state index in [0.717, 1.165) is 12.0 Å². The van der Waals surface area contributed by atoms with Crippen LogP contribution in [0.25, 0.3) is 0 Å². The van der Waals surface area contributed by atoms with Gasteiger partial charge in [0.1, 0.15) is 0 Å². The van der Waals surface area contributed by atoms with E-state index in [1.165, 1.54) is 25.7 Å². The fourth-order valence-electron chi connectivity index (χ4n) is 1.77. The Morgan fingerprint density at radius 1 is 1.33 bits per heavy atom. The summed E-state index contributed by atoms with van der Waals surface area (Å²) in [5.74, 6) is 0.0762. The van der Waals surface area contributed by atoms with Crippen LogP contribution in [0.5, 0.6) is 0 Å². The molecule has 0 saturated carbocycles. The largest absolute Gasteiger partial charge is 0.228 e. The average molecular weight is 209 g/mol. The Bertz CT molecular complexity index is 286. The van der Waals surface area contributed by atoms with E-state index in [4.69, 9.17) is 0 Å². The molecule has 0 radical (unpaired) electrons. The van der Waals surface area contributed by atoms with Crippen LogP contribution in [0.2, 0.25) is 0 Å². The number of aromatic nitrogens is 1. The van der Waals surface area contributed by atoms with Crippen LogP contribution in [0.3, 0.4) is 0 Å². The van der Waals surface area contributed by atoms with Gasteiger partial charge in [0.15, 0.2) is 0 Å². The minimum absolute atomic E-state index is 0.368. The zero-order valence-corrected chi connectivity index (χ0v) is 9.67. The number of pyridine rings is 1. The number of nitrogens with zero attached hydrogens (tertiary/aromatic N) is 1. The molecule has 0 aliphatic carbocycles. The van der Waals surface area contributed by atoms with Crippen LogP contribution >= 0.6 is 0 Å². The first-order valence-corrected chi connectivity index (χ1v) is 5.85. The number of rotatable bonds is 6. The van der Waals surface area contributed by atoms with Gasteiger partial charge in [-0.25, -0.2) is 4.98 Å². The molecule has 1 nitrogen and oxygen atoms in total. The van der Waals surface area contributed by atoms with Crippen LogP contribution in [0, 0.1) is 5.95 Å². The monoisotopic (exact) mass is 209 g/mol. The second-order valence-corrected chi connectivity index (χ2v) is 4.16. The lowest BCUT2D eigenvalue weighted by Gasteiger charge is -2.11. The molecule has 1 unspecified atom stereocenters. The predicted octanol–water partition coefficient (Wildman–Crippen LogP) is 4.29. The van der Waals surface area contributed by atoms with Crippen molar-refractivity contribution in [1.82, 2.24) is 4.98 Å². The third-order valence-electron chi connectivity index (χ3n) is 2.81. The summed E-state index contributed by atoms with van der Waals surface area (Å²) >= 11 is 0. The molecule has 0 aromatic carbocycles. The lowest BCUT2D eigenvalue weighted by atomic mass is 9.96. The zero-order valence-electron chi connectivity index (χ0n) is 9.67. The van der Waals surface area contributed by atoms with Gasteiger partial charge in [-0.1, -0.05) is 39.5 Å². The van der Waals surface area contributed by atoms with Crippen molar-refractivity contribution in [3.8, 4) is 0 Å². The van der Waals surface area contributed by atoms with Gasteiger partial charge in [0.25, 0.3) is 0 Å². The van der Waals surface area contributed by atoms with Crippen LogP contribution in [0.15, 0.2) is 18.3 Å². The molecule has 0 spiro atoms. The van der Waals surface area contributed by atoms with Gasteiger partial charge >= 0.3 is 0 Å². The molecule has 0 saturated heterocycles. The minimum atomic E-state index is -0.368. The third-order valence-corrected chi connectivity index (χ3v) is 2.81. The van der Waals surface area contributed by atoms with E-state index in [0.29, 0.717) is 5.92 Å². The molecular formula is C13H20FN. The maximum atomic E-state index is 12.9. The molecule has 0 amide bonds. The van der Waals surface area contributed by atoms with Gasteiger partial charge in [0, 0.05) is 6.20 Å². The molecule has 15 heavy (non-hydrogen) atoms. The molecule has 0 bridgehead atoms. The lowest BCUT2D eigenvalue weighted by molar-refractivity contribution is 0.559. The highest BCUT2D eigenvalue weighted by Gasteiger charge is 2.06. The fraction of sp³-hybridized carbons (Fsp3) is 0.615. The van der Waals surface area contributed by atoms with Gasteiger partial charge in [0.2, 0.25) is 5.95 Å². The van der Waals surface area contributed by atoms with Crippen molar-refractivity contribution < 1.29 is 4.39 Å². The van der Waals surface area contributed by atoms with Crippen molar-refractivity contribution >= 4 is 0 Å². The van der Waals surface area contributed by atoms with Crippen LogP contribution in [0.4, 0.5) is 4.39 Å². The standard InChI is InChI=1S/C13H20FN/c1-3-4-5-6-7-11(2)12-8-9-15-13(14)10-12/h8-11H,3-7H2,1-2H3. The Labute approximate surface area is 91.7 Å². The highest BCUT2D eigenvalue weighted by molar-refractivity contribution is 5.15. The molecule has 0 fully saturated rings. The highest BCUT2D eigenvalue weighted by Crippen LogP contribution is 2.21. The van der Waals surface area contributed by atoms with E-state index in [-0.39, 0.29) is 5.95 Å². The summed E-state index contributed by atoms with van der Waals surface area (Å²) in [7, 11) is 0. The second-order valence-electron chi connectivity index (χ2n) is 4.16. The number of unbranched alkanes of at least 4 members (excludes halogenated alkanes) is 3. The van der Waals surface area contributed by atoms with Crippen molar-refractivity contribution in [3.63, 3.8) is 0 Å². The second kappa shape index (κ2) is 6.54. The summed E-state index contributed by atoms with van der Waals surface area (Å²) in [6.45, 7) is 4.36. The Morgan fingerprint density at radius 2 is 2.13 bits per heavy atom. The van der Waals surface area contributed by atoms with E-state index >= 15 is 0 Å². The Morgan fingerprint density at radius 3 is 2.80 bits per heavy atom. The molecule has 1 heterocycles. The van der Waals surface area contributed by atoms with Gasteiger partial charge in [0.05, 0.1) is 0 Å². The molecule has 1 aromatic rings. The molecule has 1 rings (SSSR count). The van der Waals surface area contributed by atoms with Crippen LogP contribution < -0.4 is 0 Å². The molecule has 1 atom stereocenters. The maximum Gasteiger partial charge on any atom is 0.213 e. The SMILES string of the molecule is CCCCCCC(C)c1ccnc(F)c1. The predicted molar refractivity (Wildman–Crippen MR) is 61.4 cm³/mol. The molecule has 0 aliphatic heterocycles. The van der Waals surface area contributed by atoms with Crippen LogP contribution in [-0.2, 0) is 0 Å². The average Bonchev–Trinajstić information content (AvgIpc) is 2.24. The normalized spacial score (nSPS) is 12.7. The minimum Gasteiger partial charge on any atom is -0.228 e. The first-order chi connectivity index (χ1) is 7.24. The summed E-state index contributed by atoms with van der Waals surface area (Å²) in [6.07, 6.45) is 7.78. The van der Waals surface area contributed by atoms with Crippen molar-refractivity contribution in [3.05, 3.63) is 29.8 Å². The van der Waals surface area contributed by atoms with Crippen LogP contribution in [0.1, 0.15) is 57.4 Å². The van der Waals surface area contributed by atoms with Crippen LogP contribution in [-0.4, -0.2) is 4.98 Å². The first-order valence-electron chi connectivity index (χ1n) is 5.85. The van der Waals surface area contributed by atoms with Crippen molar-refractivity contribution in [2.24, 2.45) is 0 Å². The zero-order chi connectivity index (χ0) is 11.1. The van der Waals surface area contributed by atoms with Crippen molar-refractivity contribution in [2.75, 3.05) is 0 Å². The van der Waals surface area contributed by atoms with E-state index in [1.54, 1.807) is 12.3 Å². The number of hydrogen-bond donors (Lipinski definition) is 0. The van der Waals surface area contributed by atoms with Gasteiger partial charge in [-0.3, -0.25) is 0 Å². The molecule has 1 aromatic heterocycles. The summed E-state index contributed by atoms with van der Waals surface area (Å²) in [5, 5.41) is 0. The Hall–Kier alpha value is -0.920. The molecule has 0 N–H and O–H groups in total. The van der Waals surface area contributed by atoms with E-state index < -0.39 is 0 Å². The summed E-state index contributed by atoms with van der Waals surface area (Å²) in [6, 6.07) is 3.46. The summed E-state index contributed by atoms with van der Waals surface area (Å²) < 4.78 is 12.9. The Kier molecular flexibility index (Phi) is 5.30. The number of hydrogen-bond acceptors (Lipinski definition) is 1. The smallest absolute Gasteiger partial charge is 0.213 e. The third kappa shape index (κ3) is 4.41. The lowest BCUT2D eigenvalue weighted by Crippen LogP contribution is -1.95. The van der Waals surface area contributed by atoms with Gasteiger partial charge < -0.3 is 0 Å². The van der Waals surface area contributed by atoms with Gasteiger partial charge in [-0.2, -0.15) is 4.39 Å². The van der Waals surface area contributed by atoms with Gasteiger partial charge in [-0.15, -0.1) is 0 Å². The van der Waals surface area contributed by atoms with E-state index in [1.807, 2.05) is 6.07 Å². The molecule has 2 heteroatoms. The molecule has 84 valence electrons. The maximum absolute atomic E-state index is 12.9. The first kappa shape index (κ1) is 12.2.